The van der Waals surface area contributed by atoms with Crippen LogP contribution < -0.4 is 0 Å². The number of halogens is 1. The molecule has 0 saturated carbocycles. The second-order valence-electron chi connectivity index (χ2n) is 5.75. The molecule has 0 aliphatic heterocycles. The van der Waals surface area contributed by atoms with Crippen LogP contribution in [0.1, 0.15) is 47.1 Å². The summed E-state index contributed by atoms with van der Waals surface area (Å²) >= 11 is 5.33. The van der Waals surface area contributed by atoms with Gasteiger partial charge in [-0.3, -0.25) is 14.8 Å². The van der Waals surface area contributed by atoms with Crippen LogP contribution in [0.25, 0.3) is 0 Å². The van der Waals surface area contributed by atoms with E-state index in [0.29, 0.717) is 16.7 Å². The van der Waals surface area contributed by atoms with Crippen LogP contribution in [0.2, 0.25) is 0 Å². The predicted molar refractivity (Wildman–Crippen MR) is 90.0 cm³/mol. The van der Waals surface area contributed by atoms with Gasteiger partial charge in [-0.25, -0.2) is 4.89 Å². The SMILES string of the molecule is CC(C)(C)OO.O=C(Cl)c1ccc(C(=O)c2ccccc2)cc1. The highest BCUT2D eigenvalue weighted by Gasteiger charge is 2.09. The molecule has 2 aromatic rings. The van der Waals surface area contributed by atoms with Gasteiger partial charge in [0.15, 0.2) is 5.78 Å². The van der Waals surface area contributed by atoms with Crippen LogP contribution in [-0.2, 0) is 4.89 Å². The molecular formula is C18H19ClO4. The first kappa shape index (κ1) is 19.0. The van der Waals surface area contributed by atoms with E-state index in [9.17, 15) is 9.59 Å². The minimum absolute atomic E-state index is 0.0702. The summed E-state index contributed by atoms with van der Waals surface area (Å²) < 4.78 is 0. The van der Waals surface area contributed by atoms with Gasteiger partial charge in [0, 0.05) is 16.7 Å². The summed E-state index contributed by atoms with van der Waals surface area (Å²) in [5, 5.41) is 7.38. The van der Waals surface area contributed by atoms with Crippen LogP contribution in [0.4, 0.5) is 0 Å². The van der Waals surface area contributed by atoms with Crippen LogP contribution in [0.3, 0.4) is 0 Å². The Balaban J connectivity index is 0.000000379. The smallest absolute Gasteiger partial charge is 0.252 e. The first-order valence-electron chi connectivity index (χ1n) is 6.97. The zero-order valence-electron chi connectivity index (χ0n) is 13.2. The summed E-state index contributed by atoms with van der Waals surface area (Å²) in [5.74, 6) is -0.0702. The number of hydrogen-bond donors (Lipinski definition) is 1. The number of carbonyl (C=O) groups excluding carboxylic acids is 2. The van der Waals surface area contributed by atoms with E-state index in [1.807, 2.05) is 18.2 Å². The van der Waals surface area contributed by atoms with E-state index in [2.05, 4.69) is 4.89 Å². The lowest BCUT2D eigenvalue weighted by atomic mass is 10.0. The van der Waals surface area contributed by atoms with Gasteiger partial charge >= 0.3 is 0 Å². The molecular weight excluding hydrogens is 316 g/mol. The number of rotatable bonds is 3. The van der Waals surface area contributed by atoms with Gasteiger partial charge in [0.1, 0.15) is 0 Å². The molecule has 0 aromatic heterocycles. The Bertz CT molecular complexity index is 643. The van der Waals surface area contributed by atoms with Crippen LogP contribution in [0.5, 0.6) is 0 Å². The van der Waals surface area contributed by atoms with Crippen molar-refractivity contribution in [2.75, 3.05) is 0 Å². The quantitative estimate of drug-likeness (QED) is 0.386. The fourth-order valence-electron chi connectivity index (χ4n) is 1.51. The lowest BCUT2D eigenvalue weighted by Crippen LogP contribution is -2.15. The molecule has 0 atom stereocenters. The highest BCUT2D eigenvalue weighted by molar-refractivity contribution is 6.67. The van der Waals surface area contributed by atoms with Crippen LogP contribution in [0.15, 0.2) is 54.6 Å². The van der Waals surface area contributed by atoms with E-state index in [1.165, 1.54) is 0 Å². The number of benzene rings is 2. The van der Waals surface area contributed by atoms with Crippen LogP contribution >= 0.6 is 11.6 Å². The topological polar surface area (TPSA) is 63.6 Å². The van der Waals surface area contributed by atoms with Crippen LogP contribution in [-0.4, -0.2) is 21.9 Å². The van der Waals surface area contributed by atoms with Crippen molar-refractivity contribution in [1.82, 2.24) is 0 Å². The largest absolute Gasteiger partial charge is 0.289 e. The molecule has 0 radical (unpaired) electrons. The summed E-state index contributed by atoms with van der Waals surface area (Å²) in [7, 11) is 0. The molecule has 0 unspecified atom stereocenters. The Morgan fingerprint density at radius 1 is 0.870 bits per heavy atom. The molecule has 0 amide bonds. The summed E-state index contributed by atoms with van der Waals surface area (Å²) in [5.41, 5.74) is 1.14. The molecule has 0 heterocycles. The average molecular weight is 335 g/mol. The normalized spacial score (nSPS) is 10.5. The van der Waals surface area contributed by atoms with Crippen molar-refractivity contribution in [1.29, 1.82) is 0 Å². The van der Waals surface area contributed by atoms with Crippen molar-refractivity contribution >= 4 is 22.6 Å². The van der Waals surface area contributed by atoms with Crippen molar-refractivity contribution in [3.63, 3.8) is 0 Å². The van der Waals surface area contributed by atoms with Gasteiger partial charge < -0.3 is 0 Å². The lowest BCUT2D eigenvalue weighted by molar-refractivity contribution is -0.306. The monoisotopic (exact) mass is 334 g/mol. The van der Waals surface area contributed by atoms with Crippen molar-refractivity contribution in [3.8, 4) is 0 Å². The van der Waals surface area contributed by atoms with E-state index in [1.54, 1.807) is 57.2 Å². The Morgan fingerprint density at radius 2 is 1.26 bits per heavy atom. The van der Waals surface area contributed by atoms with Crippen LogP contribution in [0, 0.1) is 0 Å². The van der Waals surface area contributed by atoms with E-state index in [-0.39, 0.29) is 5.78 Å². The molecule has 5 heteroatoms. The van der Waals surface area contributed by atoms with Gasteiger partial charge in [-0.2, -0.15) is 0 Å². The molecule has 122 valence electrons. The summed E-state index contributed by atoms with van der Waals surface area (Å²) in [6.07, 6.45) is 0. The Hall–Kier alpha value is -2.01. The van der Waals surface area contributed by atoms with Crippen molar-refractivity contribution in [3.05, 3.63) is 71.3 Å². The number of ketones is 1. The number of hydrogen-bond acceptors (Lipinski definition) is 4. The highest BCUT2D eigenvalue weighted by Crippen LogP contribution is 2.12. The molecule has 0 saturated heterocycles. The molecule has 2 rings (SSSR count). The van der Waals surface area contributed by atoms with Gasteiger partial charge in [-0.15, -0.1) is 0 Å². The van der Waals surface area contributed by atoms with Gasteiger partial charge in [0.05, 0.1) is 5.60 Å². The third-order valence-corrected chi connectivity index (χ3v) is 2.90. The Kier molecular flexibility index (Phi) is 7.10. The van der Waals surface area contributed by atoms with Gasteiger partial charge in [0.25, 0.3) is 5.24 Å². The van der Waals surface area contributed by atoms with Gasteiger partial charge in [-0.05, 0) is 44.5 Å². The maximum Gasteiger partial charge on any atom is 0.252 e. The zero-order chi connectivity index (χ0) is 17.5. The third kappa shape index (κ3) is 6.74. The third-order valence-electron chi connectivity index (χ3n) is 2.68. The van der Waals surface area contributed by atoms with E-state index in [0.717, 1.165) is 0 Å². The molecule has 0 aliphatic carbocycles. The molecule has 0 aliphatic rings. The maximum absolute atomic E-state index is 12.0. The molecule has 1 N–H and O–H groups in total. The average Bonchev–Trinajstić information content (AvgIpc) is 2.55. The minimum atomic E-state index is -0.524. The van der Waals surface area contributed by atoms with Gasteiger partial charge in [-0.1, -0.05) is 42.5 Å². The molecule has 4 nitrogen and oxygen atoms in total. The van der Waals surface area contributed by atoms with E-state index in [4.69, 9.17) is 16.9 Å². The highest BCUT2D eigenvalue weighted by atomic mass is 35.5. The van der Waals surface area contributed by atoms with Gasteiger partial charge in [0.2, 0.25) is 0 Å². The molecule has 2 aromatic carbocycles. The fourth-order valence-corrected chi connectivity index (χ4v) is 1.63. The predicted octanol–water partition coefficient (Wildman–Crippen LogP) is 4.57. The minimum Gasteiger partial charge on any atom is -0.289 e. The number of carbonyl (C=O) groups is 2. The van der Waals surface area contributed by atoms with E-state index < -0.39 is 10.8 Å². The second-order valence-corrected chi connectivity index (χ2v) is 6.09. The second kappa shape index (κ2) is 8.58. The summed E-state index contributed by atoms with van der Waals surface area (Å²) in [6, 6.07) is 15.3. The van der Waals surface area contributed by atoms with Crippen molar-refractivity contribution in [2.45, 2.75) is 26.4 Å². The van der Waals surface area contributed by atoms with Crippen molar-refractivity contribution < 1.29 is 19.7 Å². The first-order chi connectivity index (χ1) is 10.7. The standard InChI is InChI=1S/C14H9ClO2.C4H10O2/c15-14(17)12-8-6-11(7-9-12)13(16)10-4-2-1-3-5-10;1-4(2,3)6-5/h1-9H;5H,1-3H3. The Morgan fingerprint density at radius 3 is 1.65 bits per heavy atom. The van der Waals surface area contributed by atoms with E-state index >= 15 is 0 Å². The first-order valence-corrected chi connectivity index (χ1v) is 7.34. The zero-order valence-corrected chi connectivity index (χ0v) is 14.0. The Labute approximate surface area is 140 Å². The molecule has 0 fully saturated rings. The molecule has 23 heavy (non-hydrogen) atoms. The lowest BCUT2D eigenvalue weighted by Gasteiger charge is -2.10. The molecule has 0 bridgehead atoms. The van der Waals surface area contributed by atoms with Crippen molar-refractivity contribution in [2.24, 2.45) is 0 Å². The molecule has 0 spiro atoms. The maximum atomic E-state index is 12.0. The summed E-state index contributed by atoms with van der Waals surface area (Å²) in [4.78, 5) is 26.8. The summed E-state index contributed by atoms with van der Waals surface area (Å²) in [6.45, 7) is 5.31. The fraction of sp³-hybridized carbons (Fsp3) is 0.222.